The molecule has 0 aromatic heterocycles. The van der Waals surface area contributed by atoms with Gasteiger partial charge in [0.15, 0.2) is 29.4 Å². The third-order valence-corrected chi connectivity index (χ3v) is 2.99. The van der Waals surface area contributed by atoms with Crippen molar-refractivity contribution in [3.63, 3.8) is 0 Å². The molecule has 0 heterocycles. The molecule has 0 saturated heterocycles. The Morgan fingerprint density at radius 3 is 2.33 bits per heavy atom. The van der Waals surface area contributed by atoms with Crippen LogP contribution >= 0.6 is 11.6 Å². The second kappa shape index (κ2) is 6.45. The number of halogens is 2. The summed E-state index contributed by atoms with van der Waals surface area (Å²) < 4.78 is 29.6. The van der Waals surface area contributed by atoms with Crippen molar-refractivity contribution in [2.45, 2.75) is 0 Å². The second-order valence-corrected chi connectivity index (χ2v) is 4.48. The van der Waals surface area contributed by atoms with Crippen molar-refractivity contribution in [2.75, 3.05) is 14.2 Å². The van der Waals surface area contributed by atoms with E-state index in [1.807, 2.05) is 0 Å². The van der Waals surface area contributed by atoms with E-state index in [1.165, 1.54) is 20.3 Å². The lowest BCUT2D eigenvalue weighted by atomic mass is 10.2. The number of hydrogen-bond donors (Lipinski definition) is 0. The molecule has 0 saturated carbocycles. The van der Waals surface area contributed by atoms with Gasteiger partial charge in [0.25, 0.3) is 0 Å². The molecule has 110 valence electrons. The zero-order valence-corrected chi connectivity index (χ0v) is 12.1. The molecule has 2 rings (SSSR count). The van der Waals surface area contributed by atoms with Crippen molar-refractivity contribution >= 4 is 17.9 Å². The zero-order valence-electron chi connectivity index (χ0n) is 11.4. The van der Waals surface area contributed by atoms with E-state index in [4.69, 9.17) is 25.8 Å². The third kappa shape index (κ3) is 3.25. The lowest BCUT2D eigenvalue weighted by Gasteiger charge is -2.13. The summed E-state index contributed by atoms with van der Waals surface area (Å²) >= 11 is 5.85. The van der Waals surface area contributed by atoms with Crippen LogP contribution in [0.15, 0.2) is 30.3 Å². The van der Waals surface area contributed by atoms with Crippen molar-refractivity contribution in [3.8, 4) is 23.0 Å². The van der Waals surface area contributed by atoms with Gasteiger partial charge in [-0.2, -0.15) is 0 Å². The summed E-state index contributed by atoms with van der Waals surface area (Å²) in [5.74, 6) is 0.101. The van der Waals surface area contributed by atoms with E-state index in [9.17, 15) is 9.18 Å². The molecule has 4 nitrogen and oxygen atoms in total. The van der Waals surface area contributed by atoms with Gasteiger partial charge in [-0.1, -0.05) is 11.6 Å². The largest absolute Gasteiger partial charge is 0.496 e. The lowest BCUT2D eigenvalue weighted by Crippen LogP contribution is -1.96. The maximum absolute atomic E-state index is 13.9. The summed E-state index contributed by atoms with van der Waals surface area (Å²) in [5, 5.41) is 0.466. The fourth-order valence-corrected chi connectivity index (χ4v) is 1.90. The molecular weight excluding hydrogens is 299 g/mol. The fourth-order valence-electron chi connectivity index (χ4n) is 1.74. The van der Waals surface area contributed by atoms with Crippen molar-refractivity contribution in [1.82, 2.24) is 0 Å². The predicted octanol–water partition coefficient (Wildman–Crippen LogP) is 4.10. The Morgan fingerprint density at radius 1 is 1.00 bits per heavy atom. The molecule has 6 heteroatoms. The maximum atomic E-state index is 13.9. The van der Waals surface area contributed by atoms with Crippen LogP contribution in [0.2, 0.25) is 5.02 Å². The Kier molecular flexibility index (Phi) is 4.65. The van der Waals surface area contributed by atoms with Crippen LogP contribution in [0.3, 0.4) is 0 Å². The molecule has 2 aromatic rings. The highest BCUT2D eigenvalue weighted by Gasteiger charge is 2.14. The van der Waals surface area contributed by atoms with Gasteiger partial charge in [-0.3, -0.25) is 4.79 Å². The van der Waals surface area contributed by atoms with Gasteiger partial charge in [0.2, 0.25) is 0 Å². The van der Waals surface area contributed by atoms with Gasteiger partial charge >= 0.3 is 0 Å². The van der Waals surface area contributed by atoms with Crippen molar-refractivity contribution in [2.24, 2.45) is 0 Å². The van der Waals surface area contributed by atoms with Crippen LogP contribution in [-0.2, 0) is 0 Å². The Bertz CT molecular complexity index is 673. The van der Waals surface area contributed by atoms with Gasteiger partial charge in [0.1, 0.15) is 5.75 Å². The highest BCUT2D eigenvalue weighted by atomic mass is 35.5. The van der Waals surface area contributed by atoms with Gasteiger partial charge in [-0.25, -0.2) is 4.39 Å². The third-order valence-electron chi connectivity index (χ3n) is 2.76. The zero-order chi connectivity index (χ0) is 15.4. The molecule has 0 radical (unpaired) electrons. The minimum absolute atomic E-state index is 0.0851. The molecule has 0 aliphatic rings. The van der Waals surface area contributed by atoms with Crippen LogP contribution < -0.4 is 14.2 Å². The minimum Gasteiger partial charge on any atom is -0.496 e. The molecule has 0 atom stereocenters. The summed E-state index contributed by atoms with van der Waals surface area (Å²) in [6.07, 6.45) is 0.508. The van der Waals surface area contributed by atoms with Gasteiger partial charge in [-0.15, -0.1) is 0 Å². The molecule has 0 aliphatic carbocycles. The van der Waals surface area contributed by atoms with E-state index in [0.29, 0.717) is 22.8 Å². The average molecular weight is 311 g/mol. The highest BCUT2D eigenvalue weighted by Crippen LogP contribution is 2.36. The van der Waals surface area contributed by atoms with E-state index in [2.05, 4.69) is 0 Å². The first kappa shape index (κ1) is 15.1. The van der Waals surface area contributed by atoms with E-state index in [-0.39, 0.29) is 17.1 Å². The van der Waals surface area contributed by atoms with Crippen LogP contribution in [0.5, 0.6) is 23.0 Å². The average Bonchev–Trinajstić information content (AvgIpc) is 2.50. The first-order valence-electron chi connectivity index (χ1n) is 5.93. The van der Waals surface area contributed by atoms with Crippen LogP contribution in [0.1, 0.15) is 10.4 Å². The van der Waals surface area contributed by atoms with Gasteiger partial charge in [0, 0.05) is 17.2 Å². The minimum atomic E-state index is -0.685. The smallest absolute Gasteiger partial charge is 0.169 e. The Labute approximate surface area is 126 Å². The lowest BCUT2D eigenvalue weighted by molar-refractivity contribution is 0.112. The van der Waals surface area contributed by atoms with E-state index in [0.717, 1.165) is 6.07 Å². The first-order valence-corrected chi connectivity index (χ1v) is 6.31. The predicted molar refractivity (Wildman–Crippen MR) is 76.4 cm³/mol. The molecule has 0 fully saturated rings. The highest BCUT2D eigenvalue weighted by molar-refractivity contribution is 6.30. The monoisotopic (exact) mass is 310 g/mol. The molecular formula is C15H12ClFO4. The quantitative estimate of drug-likeness (QED) is 0.780. The number of hydrogen-bond acceptors (Lipinski definition) is 4. The van der Waals surface area contributed by atoms with Gasteiger partial charge < -0.3 is 14.2 Å². The van der Waals surface area contributed by atoms with Crippen LogP contribution in [0, 0.1) is 5.82 Å². The molecule has 0 aliphatic heterocycles. The Hall–Kier alpha value is -2.27. The molecule has 0 bridgehead atoms. The molecule has 2 aromatic carbocycles. The number of carbonyl (C=O) groups is 1. The van der Waals surface area contributed by atoms with Crippen LogP contribution in [0.4, 0.5) is 4.39 Å². The first-order chi connectivity index (χ1) is 10.1. The van der Waals surface area contributed by atoms with Crippen LogP contribution in [-0.4, -0.2) is 20.5 Å². The normalized spacial score (nSPS) is 10.1. The SMILES string of the molecule is COc1cc(Oc2ccc(Cl)cc2OC)c(F)cc1C=O. The van der Waals surface area contributed by atoms with Crippen molar-refractivity contribution in [1.29, 1.82) is 0 Å². The topological polar surface area (TPSA) is 44.8 Å². The number of methoxy groups -OCH3 is 2. The van der Waals surface area contributed by atoms with E-state index >= 15 is 0 Å². The van der Waals surface area contributed by atoms with Crippen molar-refractivity contribution < 1.29 is 23.4 Å². The summed E-state index contributed by atoms with van der Waals surface area (Å²) in [6.45, 7) is 0. The standard InChI is InChI=1S/C15H12ClFO4/c1-19-13-7-14(11(17)5-9(13)8-18)21-12-4-3-10(16)6-15(12)20-2/h3-8H,1-2H3. The van der Waals surface area contributed by atoms with Gasteiger partial charge in [-0.05, 0) is 18.2 Å². The molecule has 21 heavy (non-hydrogen) atoms. The fraction of sp³-hybridized carbons (Fsp3) is 0.133. The summed E-state index contributed by atoms with van der Waals surface area (Å²) in [4.78, 5) is 10.8. The Balaban J connectivity index is 2.42. The van der Waals surface area contributed by atoms with Crippen molar-refractivity contribution in [3.05, 3.63) is 46.7 Å². The summed E-state index contributed by atoms with van der Waals surface area (Å²) in [6, 6.07) is 7.04. The molecule has 0 amide bonds. The second-order valence-electron chi connectivity index (χ2n) is 4.04. The molecule has 0 N–H and O–H groups in total. The maximum Gasteiger partial charge on any atom is 0.169 e. The van der Waals surface area contributed by atoms with E-state index < -0.39 is 5.82 Å². The summed E-state index contributed by atoms with van der Waals surface area (Å²) in [5.41, 5.74) is 0.102. The summed E-state index contributed by atoms with van der Waals surface area (Å²) in [7, 11) is 2.83. The van der Waals surface area contributed by atoms with Gasteiger partial charge in [0.05, 0.1) is 19.8 Å². The van der Waals surface area contributed by atoms with Crippen LogP contribution in [0.25, 0.3) is 0 Å². The Morgan fingerprint density at radius 2 is 1.71 bits per heavy atom. The molecule has 0 spiro atoms. The number of benzene rings is 2. The molecule has 0 unspecified atom stereocenters. The number of rotatable bonds is 5. The number of carbonyl (C=O) groups excluding carboxylic acids is 1. The number of aldehydes is 1. The van der Waals surface area contributed by atoms with E-state index in [1.54, 1.807) is 18.2 Å². The number of ether oxygens (including phenoxy) is 3.